The van der Waals surface area contributed by atoms with Gasteiger partial charge in [0.15, 0.2) is 0 Å². The molecular weight excluding hydrogens is 296 g/mol. The molecule has 2 heterocycles. The van der Waals surface area contributed by atoms with Crippen LogP contribution < -0.4 is 5.32 Å². The second-order valence-corrected chi connectivity index (χ2v) is 7.18. The van der Waals surface area contributed by atoms with Crippen LogP contribution in [0, 0.1) is 0 Å². The highest BCUT2D eigenvalue weighted by Crippen LogP contribution is 2.23. The lowest BCUT2D eigenvalue weighted by Gasteiger charge is -2.29. The zero-order chi connectivity index (χ0) is 17.4. The predicted octanol–water partition coefficient (Wildman–Crippen LogP) is 1.85. The summed E-state index contributed by atoms with van der Waals surface area (Å²) in [4.78, 5) is 26.3. The first-order valence-electron chi connectivity index (χ1n) is 7.92. The molecule has 0 fully saturated rings. The number of carbonyl (C=O) groups excluding carboxylic acids is 2. The van der Waals surface area contributed by atoms with Gasteiger partial charge >= 0.3 is 6.09 Å². The van der Waals surface area contributed by atoms with E-state index < -0.39 is 5.60 Å². The van der Waals surface area contributed by atoms with E-state index in [0.29, 0.717) is 25.2 Å². The molecule has 0 aliphatic carbocycles. The first kappa shape index (κ1) is 17.3. The van der Waals surface area contributed by atoms with E-state index in [2.05, 4.69) is 10.4 Å². The summed E-state index contributed by atoms with van der Waals surface area (Å²) in [5, 5.41) is 7.31. The minimum Gasteiger partial charge on any atom is -0.444 e. The molecule has 0 spiro atoms. The maximum atomic E-state index is 12.4. The zero-order valence-electron chi connectivity index (χ0n) is 14.8. The molecule has 0 saturated carbocycles. The summed E-state index contributed by atoms with van der Waals surface area (Å²) in [6.07, 6.45) is 0.263. The minimum atomic E-state index is -0.538. The summed E-state index contributed by atoms with van der Waals surface area (Å²) < 4.78 is 7.02. The van der Waals surface area contributed by atoms with Gasteiger partial charge in [-0.3, -0.25) is 9.48 Å². The van der Waals surface area contributed by atoms with Crippen molar-refractivity contribution in [1.29, 1.82) is 0 Å². The largest absolute Gasteiger partial charge is 0.444 e. The average molecular weight is 322 g/mol. The lowest BCUT2D eigenvalue weighted by molar-refractivity contribution is 0.0222. The van der Waals surface area contributed by atoms with E-state index >= 15 is 0 Å². The van der Waals surface area contributed by atoms with E-state index in [1.807, 2.05) is 34.6 Å². The minimum absolute atomic E-state index is 0.0404. The van der Waals surface area contributed by atoms with Gasteiger partial charge in [0.25, 0.3) is 5.91 Å². The molecule has 1 aliphatic rings. The number of hydrogen-bond acceptors (Lipinski definition) is 4. The smallest absolute Gasteiger partial charge is 0.410 e. The molecule has 0 aromatic carbocycles. The summed E-state index contributed by atoms with van der Waals surface area (Å²) in [5.41, 5.74) is 1.66. The van der Waals surface area contributed by atoms with Crippen molar-refractivity contribution in [3.05, 3.63) is 17.0 Å². The summed E-state index contributed by atoms with van der Waals surface area (Å²) in [7, 11) is 1.76. The first-order valence-corrected chi connectivity index (χ1v) is 7.92. The van der Waals surface area contributed by atoms with Gasteiger partial charge in [-0.2, -0.15) is 5.10 Å². The van der Waals surface area contributed by atoms with Crippen LogP contribution in [0.1, 0.15) is 56.4 Å². The average Bonchev–Trinajstić information content (AvgIpc) is 2.70. The normalized spacial score (nSPS) is 14.7. The van der Waals surface area contributed by atoms with E-state index in [1.165, 1.54) is 0 Å². The fourth-order valence-corrected chi connectivity index (χ4v) is 2.60. The van der Waals surface area contributed by atoms with Crippen LogP contribution >= 0.6 is 0 Å². The Labute approximate surface area is 137 Å². The number of aryl methyl sites for hydroxylation is 1. The predicted molar refractivity (Wildman–Crippen MR) is 86.2 cm³/mol. The Balaban J connectivity index is 2.22. The molecule has 0 atom stereocenters. The monoisotopic (exact) mass is 322 g/mol. The molecule has 0 saturated heterocycles. The summed E-state index contributed by atoms with van der Waals surface area (Å²) in [5.74, 6) is -0.165. The van der Waals surface area contributed by atoms with E-state index in [0.717, 1.165) is 11.3 Å². The molecule has 128 valence electrons. The Morgan fingerprint density at radius 3 is 2.52 bits per heavy atom. The van der Waals surface area contributed by atoms with Gasteiger partial charge in [-0.15, -0.1) is 0 Å². The van der Waals surface area contributed by atoms with Crippen LogP contribution in [0.4, 0.5) is 4.79 Å². The second kappa shape index (κ2) is 6.22. The van der Waals surface area contributed by atoms with E-state index in [-0.39, 0.29) is 18.0 Å². The van der Waals surface area contributed by atoms with Crippen LogP contribution in [0.2, 0.25) is 0 Å². The Hall–Kier alpha value is -2.05. The maximum Gasteiger partial charge on any atom is 0.410 e. The van der Waals surface area contributed by atoms with E-state index in [1.54, 1.807) is 16.6 Å². The third-order valence-electron chi connectivity index (χ3n) is 3.48. The van der Waals surface area contributed by atoms with Gasteiger partial charge in [0.05, 0.1) is 12.2 Å². The highest BCUT2D eigenvalue weighted by molar-refractivity contribution is 5.94. The molecule has 0 radical (unpaired) electrons. The number of amides is 2. The van der Waals surface area contributed by atoms with Crippen molar-refractivity contribution in [3.63, 3.8) is 0 Å². The van der Waals surface area contributed by atoms with Crippen LogP contribution in [-0.2, 0) is 24.8 Å². The Kier molecular flexibility index (Phi) is 4.68. The number of ether oxygens (including phenoxy) is 1. The van der Waals surface area contributed by atoms with Crippen LogP contribution in [0.25, 0.3) is 0 Å². The van der Waals surface area contributed by atoms with Gasteiger partial charge in [0.2, 0.25) is 0 Å². The lowest BCUT2D eigenvalue weighted by Crippen LogP contribution is -2.40. The number of nitrogens with one attached hydrogen (secondary N) is 1. The number of rotatable bonds is 2. The molecule has 2 amide bonds. The number of nitrogens with zero attached hydrogens (tertiary/aromatic N) is 3. The molecule has 1 aromatic rings. The van der Waals surface area contributed by atoms with Gasteiger partial charge in [-0.1, -0.05) is 0 Å². The standard InChI is InChI=1S/C16H26N4O3/c1-10(2)17-14(21)13-11-9-20(15(22)23-16(3,4)5)8-7-12(11)18-19(13)6/h10H,7-9H2,1-6H3,(H,17,21). The Morgan fingerprint density at radius 1 is 1.30 bits per heavy atom. The van der Waals surface area contributed by atoms with Crippen molar-refractivity contribution in [3.8, 4) is 0 Å². The number of aromatic nitrogens is 2. The molecule has 0 bridgehead atoms. The summed E-state index contributed by atoms with van der Waals surface area (Å²) in [6, 6.07) is 0.0404. The molecule has 1 aliphatic heterocycles. The van der Waals surface area contributed by atoms with E-state index in [4.69, 9.17) is 4.74 Å². The van der Waals surface area contributed by atoms with Crippen LogP contribution in [0.15, 0.2) is 0 Å². The number of carbonyl (C=O) groups is 2. The van der Waals surface area contributed by atoms with Gasteiger partial charge in [-0.25, -0.2) is 4.79 Å². The Morgan fingerprint density at radius 2 is 1.96 bits per heavy atom. The molecule has 1 N–H and O–H groups in total. The van der Waals surface area contributed by atoms with Crippen molar-refractivity contribution >= 4 is 12.0 Å². The van der Waals surface area contributed by atoms with Gasteiger partial charge < -0.3 is 15.0 Å². The molecule has 23 heavy (non-hydrogen) atoms. The maximum absolute atomic E-state index is 12.4. The number of hydrogen-bond donors (Lipinski definition) is 1. The van der Waals surface area contributed by atoms with Crippen molar-refractivity contribution in [2.75, 3.05) is 6.54 Å². The SMILES string of the molecule is CC(C)NC(=O)c1c2c(nn1C)CCN(C(=O)OC(C)(C)C)C2. The highest BCUT2D eigenvalue weighted by Gasteiger charge is 2.31. The first-order chi connectivity index (χ1) is 10.6. The van der Waals surface area contributed by atoms with Crippen LogP contribution in [0.3, 0.4) is 0 Å². The van der Waals surface area contributed by atoms with Gasteiger partial charge in [-0.05, 0) is 34.6 Å². The zero-order valence-corrected chi connectivity index (χ0v) is 14.8. The number of fused-ring (bicyclic) bond motifs is 1. The quantitative estimate of drug-likeness (QED) is 0.901. The Bertz CT molecular complexity index is 614. The van der Waals surface area contributed by atoms with Crippen LogP contribution in [0.5, 0.6) is 0 Å². The fraction of sp³-hybridized carbons (Fsp3) is 0.688. The molecular formula is C16H26N4O3. The van der Waals surface area contributed by atoms with Gasteiger partial charge in [0.1, 0.15) is 11.3 Å². The third-order valence-corrected chi connectivity index (χ3v) is 3.48. The van der Waals surface area contributed by atoms with E-state index in [9.17, 15) is 9.59 Å². The van der Waals surface area contributed by atoms with Crippen LogP contribution in [-0.4, -0.2) is 44.9 Å². The van der Waals surface area contributed by atoms with Crippen molar-refractivity contribution < 1.29 is 14.3 Å². The molecule has 0 unspecified atom stereocenters. The van der Waals surface area contributed by atoms with Gasteiger partial charge in [0, 0.05) is 31.6 Å². The third kappa shape index (κ3) is 4.03. The fourth-order valence-electron chi connectivity index (χ4n) is 2.60. The topological polar surface area (TPSA) is 76.5 Å². The van der Waals surface area contributed by atoms with Crippen molar-refractivity contribution in [1.82, 2.24) is 20.0 Å². The molecule has 7 nitrogen and oxygen atoms in total. The molecule has 2 rings (SSSR count). The molecule has 7 heteroatoms. The lowest BCUT2D eigenvalue weighted by atomic mass is 10.1. The van der Waals surface area contributed by atoms with Crippen molar-refractivity contribution in [2.24, 2.45) is 7.05 Å². The highest BCUT2D eigenvalue weighted by atomic mass is 16.6. The molecule has 1 aromatic heterocycles. The van der Waals surface area contributed by atoms with Crippen molar-refractivity contribution in [2.45, 2.75) is 59.2 Å². The summed E-state index contributed by atoms with van der Waals surface area (Å²) in [6.45, 7) is 10.2. The summed E-state index contributed by atoms with van der Waals surface area (Å²) >= 11 is 0. The second-order valence-electron chi connectivity index (χ2n) is 7.18.